The van der Waals surface area contributed by atoms with Crippen LogP contribution in [0, 0.1) is 0 Å². The summed E-state index contributed by atoms with van der Waals surface area (Å²) in [6.07, 6.45) is 3.59. The van der Waals surface area contributed by atoms with Crippen molar-refractivity contribution < 1.29 is 0 Å². The lowest BCUT2D eigenvalue weighted by Crippen LogP contribution is -2.24. The van der Waals surface area contributed by atoms with Crippen molar-refractivity contribution >= 4 is 16.6 Å². The summed E-state index contributed by atoms with van der Waals surface area (Å²) in [5, 5.41) is 0.576. The quantitative estimate of drug-likeness (QED) is 0.436. The predicted octanol–water partition coefficient (Wildman–Crippen LogP) is 4.59. The summed E-state index contributed by atoms with van der Waals surface area (Å²) in [5.41, 5.74) is 4.20. The fourth-order valence-electron chi connectivity index (χ4n) is 3.76. The van der Waals surface area contributed by atoms with E-state index < -0.39 is 0 Å². The van der Waals surface area contributed by atoms with E-state index in [9.17, 15) is 4.79 Å². The first-order valence-corrected chi connectivity index (χ1v) is 10.4. The zero-order chi connectivity index (χ0) is 21.8. The number of fused-ring (bicyclic) bond motifs is 1. The van der Waals surface area contributed by atoms with Crippen LogP contribution in [0.15, 0.2) is 102 Å². The van der Waals surface area contributed by atoms with Gasteiger partial charge in [-0.3, -0.25) is 14.8 Å². The summed E-state index contributed by atoms with van der Waals surface area (Å²) in [5.74, 6) is 0.538. The number of nitrogens with zero attached hydrogens (tertiary/aromatic N) is 4. The number of nitrogens with one attached hydrogen (secondary N) is 1. The van der Waals surface area contributed by atoms with Crippen LogP contribution in [-0.2, 0) is 13.1 Å². The predicted molar refractivity (Wildman–Crippen MR) is 126 cm³/mol. The van der Waals surface area contributed by atoms with Gasteiger partial charge in [0.2, 0.25) is 0 Å². The molecule has 1 N–H and O–H groups in total. The first-order valence-electron chi connectivity index (χ1n) is 10.4. The lowest BCUT2D eigenvalue weighted by molar-refractivity contribution is 0.765. The minimum absolute atomic E-state index is 0.151. The van der Waals surface area contributed by atoms with E-state index in [0.717, 1.165) is 22.6 Å². The van der Waals surface area contributed by atoms with Gasteiger partial charge in [-0.05, 0) is 48.5 Å². The third-order valence-electron chi connectivity index (χ3n) is 5.27. The number of H-pyrrole nitrogens is 1. The number of rotatable bonds is 6. The normalized spacial score (nSPS) is 10.9. The van der Waals surface area contributed by atoms with Crippen molar-refractivity contribution in [2.45, 2.75) is 13.1 Å². The van der Waals surface area contributed by atoms with Crippen LogP contribution in [0.25, 0.3) is 22.3 Å². The molecular formula is C26H21N5O. The van der Waals surface area contributed by atoms with E-state index in [4.69, 9.17) is 4.98 Å². The van der Waals surface area contributed by atoms with Gasteiger partial charge in [0.15, 0.2) is 0 Å². The van der Waals surface area contributed by atoms with Crippen LogP contribution >= 0.6 is 0 Å². The molecule has 0 saturated carbocycles. The molecule has 0 atom stereocenters. The number of anilines is 1. The van der Waals surface area contributed by atoms with Gasteiger partial charge >= 0.3 is 0 Å². The van der Waals surface area contributed by atoms with E-state index in [-0.39, 0.29) is 5.56 Å². The maximum atomic E-state index is 12.7. The Kier molecular flexibility index (Phi) is 5.41. The van der Waals surface area contributed by atoms with Gasteiger partial charge in [-0.25, -0.2) is 4.98 Å². The molecule has 2 aromatic carbocycles. The van der Waals surface area contributed by atoms with Gasteiger partial charge in [0.25, 0.3) is 5.56 Å². The summed E-state index contributed by atoms with van der Waals surface area (Å²) in [4.78, 5) is 31.6. The second-order valence-corrected chi connectivity index (χ2v) is 7.45. The Labute approximate surface area is 185 Å². The molecule has 3 heterocycles. The number of hydrogen-bond donors (Lipinski definition) is 1. The van der Waals surface area contributed by atoms with Crippen LogP contribution in [0.5, 0.6) is 0 Å². The molecule has 0 aliphatic heterocycles. The standard InChI is InChI=1S/C26H21N5O/c32-26-21-11-1-3-13-23(21)29-25(30-26)22-12-2-4-14-24(22)31(17-19-9-5-7-15-27-19)18-20-10-6-8-16-28-20/h1-16H,17-18H2,(H,29,30,32). The minimum Gasteiger partial charge on any atom is -0.359 e. The molecule has 156 valence electrons. The molecule has 0 amide bonds. The van der Waals surface area contributed by atoms with Crippen molar-refractivity contribution in [1.82, 2.24) is 19.9 Å². The van der Waals surface area contributed by atoms with E-state index >= 15 is 0 Å². The highest BCUT2D eigenvalue weighted by molar-refractivity contribution is 5.82. The highest BCUT2D eigenvalue weighted by Gasteiger charge is 2.17. The number of aromatic amines is 1. The molecule has 3 aromatic heterocycles. The number of benzene rings is 2. The maximum absolute atomic E-state index is 12.7. The third-order valence-corrected chi connectivity index (χ3v) is 5.27. The molecule has 6 nitrogen and oxygen atoms in total. The smallest absolute Gasteiger partial charge is 0.259 e. The molecule has 0 spiro atoms. The molecule has 5 aromatic rings. The second-order valence-electron chi connectivity index (χ2n) is 7.45. The summed E-state index contributed by atoms with van der Waals surface area (Å²) >= 11 is 0. The summed E-state index contributed by atoms with van der Waals surface area (Å²) < 4.78 is 0. The van der Waals surface area contributed by atoms with Gasteiger partial charge < -0.3 is 9.88 Å². The molecule has 0 unspecified atom stereocenters. The van der Waals surface area contributed by atoms with Crippen molar-refractivity contribution in [2.75, 3.05) is 4.90 Å². The number of aromatic nitrogens is 4. The van der Waals surface area contributed by atoms with Crippen LogP contribution < -0.4 is 10.5 Å². The first-order chi connectivity index (χ1) is 15.8. The fraction of sp³-hybridized carbons (Fsp3) is 0.0769. The molecular weight excluding hydrogens is 398 g/mol. The summed E-state index contributed by atoms with van der Waals surface area (Å²) in [6, 6.07) is 27.1. The molecule has 32 heavy (non-hydrogen) atoms. The Morgan fingerprint density at radius 1 is 0.719 bits per heavy atom. The number of para-hydroxylation sites is 2. The topological polar surface area (TPSA) is 74.8 Å². The SMILES string of the molecule is O=c1[nH]c(-c2ccccc2N(Cc2ccccn2)Cc2ccccn2)nc2ccccc12. The lowest BCUT2D eigenvalue weighted by atomic mass is 10.1. The maximum Gasteiger partial charge on any atom is 0.259 e. The average Bonchev–Trinajstić information content (AvgIpc) is 2.85. The van der Waals surface area contributed by atoms with Gasteiger partial charge in [0.1, 0.15) is 5.82 Å². The van der Waals surface area contributed by atoms with E-state index in [1.54, 1.807) is 18.5 Å². The molecule has 0 aliphatic rings. The van der Waals surface area contributed by atoms with E-state index in [1.807, 2.05) is 78.9 Å². The van der Waals surface area contributed by atoms with Gasteiger partial charge in [-0.2, -0.15) is 0 Å². The third kappa shape index (κ3) is 4.11. The molecule has 0 fully saturated rings. The minimum atomic E-state index is -0.151. The van der Waals surface area contributed by atoms with Crippen LogP contribution in [0.1, 0.15) is 11.4 Å². The zero-order valence-electron chi connectivity index (χ0n) is 17.3. The fourth-order valence-corrected chi connectivity index (χ4v) is 3.76. The van der Waals surface area contributed by atoms with Crippen molar-refractivity contribution in [3.63, 3.8) is 0 Å². The van der Waals surface area contributed by atoms with Gasteiger partial charge in [-0.1, -0.05) is 36.4 Å². The largest absolute Gasteiger partial charge is 0.359 e. The molecule has 6 heteroatoms. The molecule has 5 rings (SSSR count). The number of pyridine rings is 2. The van der Waals surface area contributed by atoms with Gasteiger partial charge in [0, 0.05) is 23.6 Å². The van der Waals surface area contributed by atoms with E-state index in [1.165, 1.54) is 0 Å². The van der Waals surface area contributed by atoms with Crippen molar-refractivity contribution in [2.24, 2.45) is 0 Å². The lowest BCUT2D eigenvalue weighted by Gasteiger charge is -2.26. The Bertz CT molecular complexity index is 1360. The van der Waals surface area contributed by atoms with E-state index in [2.05, 4.69) is 19.9 Å². The Morgan fingerprint density at radius 3 is 2.03 bits per heavy atom. The Balaban J connectivity index is 1.62. The Morgan fingerprint density at radius 2 is 1.34 bits per heavy atom. The van der Waals surface area contributed by atoms with Crippen LogP contribution in [0.4, 0.5) is 5.69 Å². The number of hydrogen-bond acceptors (Lipinski definition) is 5. The van der Waals surface area contributed by atoms with Crippen LogP contribution in [0.2, 0.25) is 0 Å². The average molecular weight is 419 g/mol. The summed E-state index contributed by atoms with van der Waals surface area (Å²) in [6.45, 7) is 1.18. The Hall–Kier alpha value is -4.32. The van der Waals surface area contributed by atoms with Crippen molar-refractivity contribution in [3.8, 4) is 11.4 Å². The molecule has 0 bridgehead atoms. The second kappa shape index (κ2) is 8.81. The van der Waals surface area contributed by atoms with Crippen molar-refractivity contribution in [3.05, 3.63) is 119 Å². The molecule has 0 saturated heterocycles. The van der Waals surface area contributed by atoms with Crippen LogP contribution in [-0.4, -0.2) is 19.9 Å². The first kappa shape index (κ1) is 19.6. The molecule has 0 radical (unpaired) electrons. The van der Waals surface area contributed by atoms with Crippen molar-refractivity contribution in [1.29, 1.82) is 0 Å². The van der Waals surface area contributed by atoms with Gasteiger partial charge in [-0.15, -0.1) is 0 Å². The summed E-state index contributed by atoms with van der Waals surface area (Å²) in [7, 11) is 0. The van der Waals surface area contributed by atoms with Gasteiger partial charge in [0.05, 0.1) is 35.4 Å². The van der Waals surface area contributed by atoms with E-state index in [0.29, 0.717) is 29.8 Å². The highest BCUT2D eigenvalue weighted by atomic mass is 16.1. The zero-order valence-corrected chi connectivity index (χ0v) is 17.3. The molecule has 0 aliphatic carbocycles. The monoisotopic (exact) mass is 419 g/mol. The highest BCUT2D eigenvalue weighted by Crippen LogP contribution is 2.30. The van der Waals surface area contributed by atoms with Crippen LogP contribution in [0.3, 0.4) is 0 Å².